The molecule has 0 saturated heterocycles. The van der Waals surface area contributed by atoms with Crippen LogP contribution < -0.4 is 29.6 Å². The number of rotatable bonds is 7. The van der Waals surface area contributed by atoms with Crippen molar-refractivity contribution in [2.24, 2.45) is 5.92 Å². The summed E-state index contributed by atoms with van der Waals surface area (Å²) in [6, 6.07) is 0. The van der Waals surface area contributed by atoms with Gasteiger partial charge in [-0.2, -0.15) is 14.3 Å². The van der Waals surface area contributed by atoms with Gasteiger partial charge in [-0.05, 0) is 0 Å². The van der Waals surface area contributed by atoms with E-state index >= 15 is 0 Å². The third-order valence-corrected chi connectivity index (χ3v) is 2.31. The first kappa shape index (κ1) is 22.8. The Morgan fingerprint density at radius 1 is 1.47 bits per heavy atom. The standard InChI is InChI=1S/C8H17.C3H6O4S.Na/c1-4-6-7-8(3)5-2;1-2-3-7-8(4,5)6;/h8H,3-7H2,1-2H3;2H,1,3H2,(H,4,5,6);/q-1;;+1. The fourth-order valence-corrected chi connectivity index (χ4v) is 1.10. The Morgan fingerprint density at radius 3 is 2.24 bits per heavy atom. The van der Waals surface area contributed by atoms with Gasteiger partial charge in [0.15, 0.2) is 0 Å². The summed E-state index contributed by atoms with van der Waals surface area (Å²) in [6.45, 7) is 11.4. The average molecular weight is 274 g/mol. The molecule has 0 aliphatic carbocycles. The van der Waals surface area contributed by atoms with Gasteiger partial charge >= 0.3 is 40.0 Å². The summed E-state index contributed by atoms with van der Waals surface area (Å²) in [4.78, 5) is 0. The van der Waals surface area contributed by atoms with E-state index in [1.807, 2.05) is 0 Å². The molecule has 0 heterocycles. The minimum absolute atomic E-state index is 0. The molecule has 0 aromatic carbocycles. The molecular weight excluding hydrogens is 251 g/mol. The molecule has 0 spiro atoms. The molecule has 0 radical (unpaired) electrons. The average Bonchev–Trinajstić information content (AvgIpc) is 2.22. The zero-order valence-electron chi connectivity index (χ0n) is 11.2. The first-order chi connectivity index (χ1) is 7.37. The van der Waals surface area contributed by atoms with Gasteiger partial charge < -0.3 is 6.92 Å². The molecule has 0 amide bonds. The summed E-state index contributed by atoms with van der Waals surface area (Å²) < 4.78 is 31.0. The van der Waals surface area contributed by atoms with Crippen LogP contribution in [0.2, 0.25) is 0 Å². The van der Waals surface area contributed by atoms with E-state index in [4.69, 9.17) is 4.55 Å². The number of hydrogen-bond donors (Lipinski definition) is 1. The second-order valence-corrected chi connectivity index (χ2v) is 4.51. The molecule has 0 bridgehead atoms. The Kier molecular flexibility index (Phi) is 19.6. The quantitative estimate of drug-likeness (QED) is 0.308. The first-order valence-electron chi connectivity index (χ1n) is 5.43. The molecule has 0 saturated carbocycles. The second kappa shape index (κ2) is 14.7. The van der Waals surface area contributed by atoms with Gasteiger partial charge in [-0.25, -0.2) is 4.18 Å². The van der Waals surface area contributed by atoms with Crippen molar-refractivity contribution in [3.63, 3.8) is 0 Å². The minimum atomic E-state index is -4.26. The summed E-state index contributed by atoms with van der Waals surface area (Å²) in [5.41, 5.74) is 0. The van der Waals surface area contributed by atoms with Crippen LogP contribution in [0.1, 0.15) is 39.5 Å². The van der Waals surface area contributed by atoms with Crippen LogP contribution in [0.3, 0.4) is 0 Å². The van der Waals surface area contributed by atoms with Gasteiger partial charge in [-0.3, -0.25) is 4.55 Å². The molecule has 98 valence electrons. The molecule has 0 aromatic heterocycles. The van der Waals surface area contributed by atoms with Crippen LogP contribution in [-0.2, 0) is 14.6 Å². The normalized spacial score (nSPS) is 11.8. The van der Waals surface area contributed by atoms with Gasteiger partial charge in [0.1, 0.15) is 0 Å². The Bertz CT molecular complexity index is 252. The third kappa shape index (κ3) is 26.3. The van der Waals surface area contributed by atoms with Crippen LogP contribution in [0.4, 0.5) is 0 Å². The smallest absolute Gasteiger partial charge is 0.340 e. The maximum Gasteiger partial charge on any atom is 1.00 e. The Hall–Kier alpha value is 0.610. The molecule has 17 heavy (non-hydrogen) atoms. The Morgan fingerprint density at radius 2 is 2.00 bits per heavy atom. The van der Waals surface area contributed by atoms with E-state index in [2.05, 4.69) is 31.5 Å². The molecule has 4 nitrogen and oxygen atoms in total. The van der Waals surface area contributed by atoms with Gasteiger partial charge in [0, 0.05) is 0 Å². The summed E-state index contributed by atoms with van der Waals surface area (Å²) in [6.07, 6.45) is 6.43. The molecule has 0 aliphatic heterocycles. The van der Waals surface area contributed by atoms with Crippen molar-refractivity contribution in [2.45, 2.75) is 39.5 Å². The molecular formula is C11H23NaO4S. The fraction of sp³-hybridized carbons (Fsp3) is 0.727. The number of hydrogen-bond acceptors (Lipinski definition) is 3. The van der Waals surface area contributed by atoms with Crippen molar-refractivity contribution in [3.8, 4) is 0 Å². The predicted molar refractivity (Wildman–Crippen MR) is 66.4 cm³/mol. The van der Waals surface area contributed by atoms with Gasteiger partial charge in [-0.15, -0.1) is 6.58 Å². The van der Waals surface area contributed by atoms with Gasteiger partial charge in [0.2, 0.25) is 0 Å². The fourth-order valence-electron chi connectivity index (χ4n) is 0.831. The molecule has 0 rings (SSSR count). The van der Waals surface area contributed by atoms with Crippen LogP contribution in [0, 0.1) is 12.8 Å². The zero-order valence-corrected chi connectivity index (χ0v) is 14.0. The van der Waals surface area contributed by atoms with Crippen LogP contribution in [-0.4, -0.2) is 19.6 Å². The zero-order chi connectivity index (χ0) is 13.0. The van der Waals surface area contributed by atoms with E-state index in [0.29, 0.717) is 5.92 Å². The topological polar surface area (TPSA) is 63.6 Å². The largest absolute Gasteiger partial charge is 1.00 e. The minimum Gasteiger partial charge on any atom is -0.340 e. The van der Waals surface area contributed by atoms with Crippen LogP contribution >= 0.6 is 0 Å². The summed E-state index contributed by atoms with van der Waals surface area (Å²) in [5.74, 6) is 0.704. The third-order valence-electron chi connectivity index (χ3n) is 1.88. The van der Waals surface area contributed by atoms with Crippen LogP contribution in [0.5, 0.6) is 0 Å². The van der Waals surface area contributed by atoms with Crippen LogP contribution in [0.25, 0.3) is 0 Å². The van der Waals surface area contributed by atoms with Crippen molar-refractivity contribution in [3.05, 3.63) is 19.6 Å². The second-order valence-electron chi connectivity index (χ2n) is 3.42. The van der Waals surface area contributed by atoms with Crippen LogP contribution in [0.15, 0.2) is 12.7 Å². The summed E-state index contributed by atoms with van der Waals surface area (Å²) >= 11 is 0. The maximum atomic E-state index is 9.68. The van der Waals surface area contributed by atoms with Crippen molar-refractivity contribution in [1.29, 1.82) is 0 Å². The predicted octanol–water partition coefficient (Wildman–Crippen LogP) is 0.0327. The Labute approximate surface area is 128 Å². The van der Waals surface area contributed by atoms with E-state index in [-0.39, 0.29) is 36.2 Å². The SMILES string of the molecule is C=CCOS(=O)(=O)O.[CH2-]C(CC)CCCC.[Na+]. The monoisotopic (exact) mass is 274 g/mol. The van der Waals surface area contributed by atoms with E-state index in [1.165, 1.54) is 31.8 Å². The molecule has 0 fully saturated rings. The first-order valence-corrected chi connectivity index (χ1v) is 6.79. The molecule has 0 aromatic rings. The van der Waals surface area contributed by atoms with E-state index in [0.717, 1.165) is 0 Å². The van der Waals surface area contributed by atoms with Crippen molar-refractivity contribution < 1.29 is 46.7 Å². The van der Waals surface area contributed by atoms with E-state index in [9.17, 15) is 8.42 Å². The van der Waals surface area contributed by atoms with Crippen molar-refractivity contribution in [1.82, 2.24) is 0 Å². The van der Waals surface area contributed by atoms with Crippen molar-refractivity contribution >= 4 is 10.4 Å². The van der Waals surface area contributed by atoms with E-state index in [1.54, 1.807) is 0 Å². The van der Waals surface area contributed by atoms with Gasteiger partial charge in [0.25, 0.3) is 0 Å². The van der Waals surface area contributed by atoms with Crippen molar-refractivity contribution in [2.75, 3.05) is 6.61 Å². The molecule has 1 atom stereocenters. The summed E-state index contributed by atoms with van der Waals surface area (Å²) in [5, 5.41) is 0. The molecule has 1 N–H and O–H groups in total. The molecule has 1 unspecified atom stereocenters. The summed E-state index contributed by atoms with van der Waals surface area (Å²) in [7, 11) is -4.26. The number of unbranched alkanes of at least 4 members (excludes halogenated alkanes) is 1. The van der Waals surface area contributed by atoms with Gasteiger partial charge in [-0.1, -0.05) is 45.6 Å². The molecule has 6 heteroatoms. The van der Waals surface area contributed by atoms with Gasteiger partial charge in [0.05, 0.1) is 6.61 Å². The molecule has 0 aliphatic rings. The maximum absolute atomic E-state index is 9.68. The Balaban J connectivity index is -0.000000218. The van der Waals surface area contributed by atoms with E-state index < -0.39 is 10.4 Å².